The number of nitrogens with two attached hydrogens (primary N) is 1. The zero-order valence-corrected chi connectivity index (χ0v) is 55.4. The van der Waals surface area contributed by atoms with E-state index in [2.05, 4.69) is 28.3 Å². The first-order valence-corrected chi connectivity index (χ1v) is 33.5. The number of hydrogen-bond donors (Lipinski definition) is 6. The van der Waals surface area contributed by atoms with E-state index in [0.29, 0.717) is 112 Å². The van der Waals surface area contributed by atoms with Crippen molar-refractivity contribution < 1.29 is 67.1 Å². The van der Waals surface area contributed by atoms with Gasteiger partial charge in [0.1, 0.15) is 28.7 Å². The lowest BCUT2D eigenvalue weighted by Crippen LogP contribution is -2.63. The number of carboxylic acid groups (broad SMARTS) is 1. The number of carboxylic acids is 1. The number of urea groups is 1. The number of primary amides is 1. The highest BCUT2D eigenvalue weighted by molar-refractivity contribution is 7.09. The van der Waals surface area contributed by atoms with Crippen molar-refractivity contribution in [3.63, 3.8) is 0 Å². The molecule has 7 N–H and O–H groups in total. The van der Waals surface area contributed by atoms with Crippen LogP contribution in [0.5, 0.6) is 0 Å². The molecular formula is C68H98N9O13S+. The number of rotatable bonds is 37. The minimum atomic E-state index is -1.33. The molecule has 23 heteroatoms. The van der Waals surface area contributed by atoms with Crippen molar-refractivity contribution in [1.29, 1.82) is 0 Å². The molecule has 3 heterocycles. The van der Waals surface area contributed by atoms with E-state index in [4.69, 9.17) is 15.5 Å². The van der Waals surface area contributed by atoms with Gasteiger partial charge in [-0.1, -0.05) is 102 Å². The molecule has 0 radical (unpaired) electrons. The summed E-state index contributed by atoms with van der Waals surface area (Å²) in [6.45, 7) is 12.8. The lowest BCUT2D eigenvalue weighted by molar-refractivity contribution is -0.942. The average molecular weight is 1280 g/mol. The number of hydrogen-bond acceptors (Lipinski definition) is 14. The van der Waals surface area contributed by atoms with Crippen LogP contribution < -0.4 is 27.0 Å². The topological polar surface area (TPSA) is 311 Å². The van der Waals surface area contributed by atoms with Crippen LogP contribution in [0.3, 0.4) is 0 Å². The van der Waals surface area contributed by atoms with Gasteiger partial charge in [-0.25, -0.2) is 9.78 Å². The molecule has 2 aromatic carbocycles. The Hall–Kier alpha value is -7.40. The third kappa shape index (κ3) is 20.5. The molecule has 1 aromatic heterocycles. The molecule has 1 saturated carbocycles. The van der Waals surface area contributed by atoms with Crippen molar-refractivity contribution in [2.45, 2.75) is 200 Å². The maximum absolute atomic E-state index is 14.9. The molecule has 2 aliphatic heterocycles. The quantitative estimate of drug-likeness (QED) is 0.00811. The van der Waals surface area contributed by atoms with Crippen molar-refractivity contribution in [1.82, 2.24) is 36.1 Å². The van der Waals surface area contributed by atoms with Gasteiger partial charge in [-0.3, -0.25) is 52.8 Å². The lowest BCUT2D eigenvalue weighted by Gasteiger charge is -2.44. The fourth-order valence-corrected chi connectivity index (χ4v) is 13.8. The van der Waals surface area contributed by atoms with E-state index in [1.165, 1.54) is 23.2 Å². The number of imide groups is 1. The standard InChI is InChI=1S/C68H97N9O13S/c1-9-44(4)60(63(84)75(7)53(43(2)3)40-57(90-46(6)78)62-72-52(42-91-62)56(80)39-50(36-45(5)64(85)86)37-47-20-12-10-13-21-47)74-61(83)54-23-14-17-35-77(54,8)41-49-26-24-48(25-27-49)38-55(79)51(22-18-33-71-67(69)89)73-66(88)68(30-19-31-68)65(87)70-32-15-11-16-34-76-58(81)28-29-59(76)82/h10,12-13,20-21,24-27,42-45,50-51,53-54,57,60H,9,11,14-19,22-23,28-41H2,1-8H3,(H6-,69,70,71,73,74,83,85,86,87,88,89)/p+1. The number of unbranched alkanes of at least 4 members (excludes halogenated alkanes) is 2. The second-order valence-electron chi connectivity index (χ2n) is 26.2. The number of aromatic nitrogens is 1. The van der Waals surface area contributed by atoms with Crippen LogP contribution in [0.1, 0.15) is 189 Å². The number of thiazole rings is 1. The van der Waals surface area contributed by atoms with Crippen molar-refractivity contribution in [2.75, 3.05) is 40.3 Å². The molecular weight excluding hydrogens is 1180 g/mol. The third-order valence-corrected chi connectivity index (χ3v) is 19.8. The maximum Gasteiger partial charge on any atom is 0.312 e. The number of likely N-dealkylation sites (N-methyl/N-ethyl adjacent to an activating group) is 2. The summed E-state index contributed by atoms with van der Waals surface area (Å²) in [4.78, 5) is 153. The Morgan fingerprint density at radius 3 is 2.12 bits per heavy atom. The number of carbonyl (C=O) groups is 11. The van der Waals surface area contributed by atoms with Crippen LogP contribution in [0.25, 0.3) is 0 Å². The van der Waals surface area contributed by atoms with Gasteiger partial charge in [-0.05, 0) is 99.5 Å². The summed E-state index contributed by atoms with van der Waals surface area (Å²) in [6.07, 6.45) is 7.17. The van der Waals surface area contributed by atoms with Crippen molar-refractivity contribution in [2.24, 2.45) is 34.8 Å². The number of aliphatic carboxylic acids is 1. The van der Waals surface area contributed by atoms with E-state index >= 15 is 0 Å². The number of likely N-dealkylation sites (tertiary alicyclic amines) is 2. The Balaban J connectivity index is 1.09. The number of Topliss-reactive ketones (excluding diaryl/α,β-unsaturated/α-hetero) is 2. The number of nitrogens with one attached hydrogen (secondary N) is 4. The molecule has 0 bridgehead atoms. The molecule has 91 heavy (non-hydrogen) atoms. The van der Waals surface area contributed by atoms with E-state index in [0.717, 1.165) is 24.0 Å². The van der Waals surface area contributed by atoms with Crippen LogP contribution in [0.15, 0.2) is 60.0 Å². The number of amides is 8. The summed E-state index contributed by atoms with van der Waals surface area (Å²) in [6, 6.07) is 13.6. The van der Waals surface area contributed by atoms with E-state index in [-0.39, 0.29) is 104 Å². The predicted molar refractivity (Wildman–Crippen MR) is 343 cm³/mol. The second kappa shape index (κ2) is 34.3. The fourth-order valence-electron chi connectivity index (χ4n) is 12.9. The van der Waals surface area contributed by atoms with Gasteiger partial charge in [0.05, 0.1) is 25.6 Å². The first-order valence-electron chi connectivity index (χ1n) is 32.7. The van der Waals surface area contributed by atoms with Gasteiger partial charge >= 0.3 is 18.0 Å². The summed E-state index contributed by atoms with van der Waals surface area (Å²) in [5, 5.41) is 23.3. The Kier molecular flexibility index (Phi) is 27.4. The second-order valence-corrected chi connectivity index (χ2v) is 27.1. The van der Waals surface area contributed by atoms with Gasteiger partial charge < -0.3 is 46.2 Å². The van der Waals surface area contributed by atoms with Crippen LogP contribution in [-0.4, -0.2) is 154 Å². The van der Waals surface area contributed by atoms with Crippen LogP contribution in [0.4, 0.5) is 4.79 Å². The molecule has 9 unspecified atom stereocenters. The highest BCUT2D eigenvalue weighted by Gasteiger charge is 2.51. The Morgan fingerprint density at radius 2 is 1.51 bits per heavy atom. The van der Waals surface area contributed by atoms with Crippen LogP contribution >= 0.6 is 11.3 Å². The Bertz CT molecular complexity index is 3010. The van der Waals surface area contributed by atoms with Crippen molar-refractivity contribution >= 4 is 76.3 Å². The normalized spacial score (nSPS) is 19.4. The van der Waals surface area contributed by atoms with E-state index in [9.17, 15) is 57.8 Å². The SMILES string of the molecule is CCC(C)C(NC(=O)C1CCCC[N+]1(C)Cc1ccc(CC(=O)C(CCCNC(N)=O)NC(=O)C2(C(=O)NCCCCCN3C(=O)CCC3=O)CCC2)cc1)C(=O)N(C)C(CC(OC(C)=O)c1nc(C(=O)CC(Cc2ccccc2)CC(C)C(=O)O)cs1)C(C)C. The van der Waals surface area contributed by atoms with Gasteiger partial charge in [0.15, 0.2) is 23.7 Å². The molecule has 2 saturated heterocycles. The van der Waals surface area contributed by atoms with Gasteiger partial charge in [0, 0.05) is 89.1 Å². The Morgan fingerprint density at radius 1 is 0.835 bits per heavy atom. The number of piperidine rings is 1. The van der Waals surface area contributed by atoms with Crippen molar-refractivity contribution in [3.8, 4) is 0 Å². The zero-order valence-electron chi connectivity index (χ0n) is 54.6. The van der Waals surface area contributed by atoms with Gasteiger partial charge in [0.25, 0.3) is 5.91 Å². The molecule has 3 aromatic rings. The van der Waals surface area contributed by atoms with Gasteiger partial charge in [-0.2, -0.15) is 0 Å². The highest BCUT2D eigenvalue weighted by Crippen LogP contribution is 2.42. The summed E-state index contributed by atoms with van der Waals surface area (Å²) in [5.74, 6) is -5.15. The van der Waals surface area contributed by atoms with Gasteiger partial charge in [-0.15, -0.1) is 11.3 Å². The lowest BCUT2D eigenvalue weighted by atomic mass is 9.67. The number of benzene rings is 2. The number of ether oxygens (including phenoxy) is 1. The first-order chi connectivity index (χ1) is 43.2. The van der Waals surface area contributed by atoms with E-state index in [1.807, 2.05) is 82.3 Å². The van der Waals surface area contributed by atoms with Gasteiger partial charge in [0.2, 0.25) is 29.5 Å². The first kappa shape index (κ1) is 72.7. The molecule has 9 atom stereocenters. The van der Waals surface area contributed by atoms with E-state index < -0.39 is 71.4 Å². The highest BCUT2D eigenvalue weighted by atomic mass is 32.1. The fraction of sp³-hybridized carbons (Fsp3) is 0.618. The molecule has 498 valence electrons. The van der Waals surface area contributed by atoms with Crippen LogP contribution in [0, 0.1) is 29.1 Å². The maximum atomic E-state index is 14.9. The summed E-state index contributed by atoms with van der Waals surface area (Å²) in [7, 11) is 3.75. The molecule has 0 spiro atoms. The third-order valence-electron chi connectivity index (χ3n) is 18.8. The number of esters is 1. The Labute approximate surface area is 539 Å². The smallest absolute Gasteiger partial charge is 0.312 e. The summed E-state index contributed by atoms with van der Waals surface area (Å²) >= 11 is 1.18. The molecule has 3 aliphatic rings. The predicted octanol–water partition coefficient (Wildman–Crippen LogP) is 7.54. The number of nitrogens with zero attached hydrogens (tertiary/aromatic N) is 4. The van der Waals surface area contributed by atoms with Crippen molar-refractivity contribution in [3.05, 3.63) is 87.4 Å². The van der Waals surface area contributed by atoms with E-state index in [1.54, 1.807) is 24.3 Å². The molecule has 3 fully saturated rings. The van der Waals surface area contributed by atoms with Crippen LogP contribution in [-0.2, 0) is 67.3 Å². The molecule has 8 amide bonds. The number of carbonyl (C=O) groups excluding carboxylic acids is 10. The minimum Gasteiger partial charge on any atom is -0.481 e. The molecule has 22 nitrogen and oxygen atoms in total. The minimum absolute atomic E-state index is 0.0254. The average Bonchev–Trinajstić information content (AvgIpc) is 1.30. The zero-order chi connectivity index (χ0) is 66.6. The number of quaternary nitrogens is 1. The number of ketones is 2. The van der Waals surface area contributed by atoms with Crippen LogP contribution in [0.2, 0.25) is 0 Å². The largest absolute Gasteiger partial charge is 0.481 e. The summed E-state index contributed by atoms with van der Waals surface area (Å²) < 4.78 is 6.27. The molecule has 6 rings (SSSR count). The monoisotopic (exact) mass is 1280 g/mol. The molecule has 1 aliphatic carbocycles. The summed E-state index contributed by atoms with van der Waals surface area (Å²) in [5.41, 5.74) is 6.78.